The molecule has 0 bridgehead atoms. The van der Waals surface area contributed by atoms with Crippen LogP contribution in [0, 0.1) is 5.82 Å². The van der Waals surface area contributed by atoms with Crippen molar-refractivity contribution in [3.63, 3.8) is 0 Å². The predicted molar refractivity (Wildman–Crippen MR) is 128 cm³/mol. The number of hydrogen-bond donors (Lipinski definition) is 3. The number of H-pyrrole nitrogens is 1. The van der Waals surface area contributed by atoms with Crippen molar-refractivity contribution in [2.45, 2.75) is 23.9 Å². The second-order valence-corrected chi connectivity index (χ2v) is 9.31. The van der Waals surface area contributed by atoms with Crippen molar-refractivity contribution in [3.8, 4) is 11.1 Å². The maximum absolute atomic E-state index is 13.2. The molecule has 3 amide bonds. The molecule has 0 aliphatic rings. The molecule has 0 spiro atoms. The standard InChI is InChI=1S/C23H19FN4O3S2/c1-13(19(29)26-22(31)25-11-14-5-3-2-4-6-14)33-23-27-20(30)18-17(12-32-21(18)28-23)15-7-9-16(24)10-8-15/h2-10,12-13H,11H2,1H3,(H,27,28,30)(H2,25,26,29,31). The number of aromatic nitrogens is 2. The average molecular weight is 483 g/mol. The average Bonchev–Trinajstić information content (AvgIpc) is 3.23. The van der Waals surface area contributed by atoms with E-state index in [0.717, 1.165) is 17.3 Å². The van der Waals surface area contributed by atoms with E-state index in [1.165, 1.54) is 23.5 Å². The minimum atomic E-state index is -0.676. The molecule has 7 nitrogen and oxygen atoms in total. The zero-order chi connectivity index (χ0) is 23.4. The van der Waals surface area contributed by atoms with Gasteiger partial charge >= 0.3 is 6.03 Å². The van der Waals surface area contributed by atoms with Crippen molar-refractivity contribution in [2.24, 2.45) is 0 Å². The fourth-order valence-electron chi connectivity index (χ4n) is 3.08. The van der Waals surface area contributed by atoms with Gasteiger partial charge in [0.1, 0.15) is 10.6 Å². The van der Waals surface area contributed by atoms with Gasteiger partial charge in [-0.1, -0.05) is 54.2 Å². The molecule has 4 rings (SSSR count). The zero-order valence-corrected chi connectivity index (χ0v) is 19.1. The van der Waals surface area contributed by atoms with Crippen LogP contribution in [0.1, 0.15) is 12.5 Å². The Kier molecular flexibility index (Phi) is 6.85. The highest BCUT2D eigenvalue weighted by atomic mass is 32.2. The Labute approximate surface area is 196 Å². The van der Waals surface area contributed by atoms with Crippen LogP contribution in [0.3, 0.4) is 0 Å². The number of imide groups is 1. The van der Waals surface area contributed by atoms with E-state index in [2.05, 4.69) is 20.6 Å². The summed E-state index contributed by atoms with van der Waals surface area (Å²) in [4.78, 5) is 44.8. The largest absolute Gasteiger partial charge is 0.334 e. The van der Waals surface area contributed by atoms with Crippen molar-refractivity contribution in [2.75, 3.05) is 0 Å². The highest BCUT2D eigenvalue weighted by molar-refractivity contribution is 8.00. The number of aromatic amines is 1. The topological polar surface area (TPSA) is 104 Å². The summed E-state index contributed by atoms with van der Waals surface area (Å²) >= 11 is 2.33. The summed E-state index contributed by atoms with van der Waals surface area (Å²) in [6, 6.07) is 14.6. The Balaban J connectivity index is 1.41. The van der Waals surface area contributed by atoms with Gasteiger partial charge in [-0.25, -0.2) is 14.2 Å². The lowest BCUT2D eigenvalue weighted by Gasteiger charge is -2.11. The summed E-state index contributed by atoms with van der Waals surface area (Å²) in [5.41, 5.74) is 1.94. The number of carbonyl (C=O) groups is 2. The molecule has 0 saturated carbocycles. The molecule has 0 saturated heterocycles. The number of nitrogens with zero attached hydrogens (tertiary/aromatic N) is 1. The number of hydrogen-bond acceptors (Lipinski definition) is 6. The summed E-state index contributed by atoms with van der Waals surface area (Å²) < 4.78 is 13.2. The molecule has 0 radical (unpaired) electrons. The number of fused-ring (bicyclic) bond motifs is 1. The van der Waals surface area contributed by atoms with Gasteiger partial charge in [0.15, 0.2) is 5.16 Å². The van der Waals surface area contributed by atoms with E-state index in [9.17, 15) is 18.8 Å². The summed E-state index contributed by atoms with van der Waals surface area (Å²) in [7, 11) is 0. The van der Waals surface area contributed by atoms with E-state index in [1.807, 2.05) is 30.3 Å². The molecule has 2 aromatic heterocycles. The van der Waals surface area contributed by atoms with E-state index >= 15 is 0 Å². The molecule has 4 aromatic rings. The lowest BCUT2D eigenvalue weighted by Crippen LogP contribution is -2.42. The smallest absolute Gasteiger partial charge is 0.321 e. The summed E-state index contributed by atoms with van der Waals surface area (Å²) in [5.74, 6) is -0.864. The lowest BCUT2D eigenvalue weighted by atomic mass is 10.1. The summed E-state index contributed by atoms with van der Waals surface area (Å²) in [6.45, 7) is 1.91. The number of thioether (sulfide) groups is 1. The van der Waals surface area contributed by atoms with Gasteiger partial charge in [-0.05, 0) is 30.2 Å². The monoisotopic (exact) mass is 482 g/mol. The van der Waals surface area contributed by atoms with E-state index in [-0.39, 0.29) is 16.5 Å². The first-order chi connectivity index (χ1) is 15.9. The normalized spacial score (nSPS) is 11.8. The first-order valence-electron chi connectivity index (χ1n) is 9.97. The molecule has 0 aliphatic carbocycles. The van der Waals surface area contributed by atoms with E-state index in [1.54, 1.807) is 24.4 Å². The number of nitrogens with one attached hydrogen (secondary N) is 3. The van der Waals surface area contributed by atoms with Crippen molar-refractivity contribution in [3.05, 3.63) is 81.7 Å². The highest BCUT2D eigenvalue weighted by Gasteiger charge is 2.20. The number of halogens is 1. The van der Waals surface area contributed by atoms with Crippen LogP contribution in [0.25, 0.3) is 21.3 Å². The number of benzene rings is 2. The van der Waals surface area contributed by atoms with Gasteiger partial charge in [0.25, 0.3) is 5.56 Å². The molecule has 2 aromatic carbocycles. The fraction of sp³-hybridized carbons (Fsp3) is 0.130. The van der Waals surface area contributed by atoms with Crippen molar-refractivity contribution in [1.82, 2.24) is 20.6 Å². The van der Waals surface area contributed by atoms with Crippen LogP contribution in [-0.2, 0) is 11.3 Å². The molecular formula is C23H19FN4O3S2. The van der Waals surface area contributed by atoms with Gasteiger partial charge in [0.2, 0.25) is 5.91 Å². The number of amides is 3. The minimum Gasteiger partial charge on any atom is -0.334 e. The Morgan fingerprint density at radius 1 is 1.15 bits per heavy atom. The third kappa shape index (κ3) is 5.47. The molecule has 168 valence electrons. The number of thiophene rings is 1. The third-order valence-corrected chi connectivity index (χ3v) is 6.62. The number of urea groups is 1. The Morgan fingerprint density at radius 2 is 1.88 bits per heavy atom. The molecule has 0 aliphatic heterocycles. The molecule has 1 atom stereocenters. The van der Waals surface area contributed by atoms with Crippen LogP contribution < -0.4 is 16.2 Å². The number of carbonyl (C=O) groups excluding carboxylic acids is 2. The molecule has 1 unspecified atom stereocenters. The maximum atomic E-state index is 13.2. The van der Waals surface area contributed by atoms with Gasteiger partial charge in [-0.15, -0.1) is 11.3 Å². The van der Waals surface area contributed by atoms with Gasteiger partial charge < -0.3 is 10.3 Å². The van der Waals surface area contributed by atoms with Gasteiger partial charge in [0.05, 0.1) is 10.6 Å². The fourth-order valence-corrected chi connectivity index (χ4v) is 4.89. The predicted octanol–water partition coefficient (Wildman–Crippen LogP) is 4.30. The van der Waals surface area contributed by atoms with Crippen LogP contribution >= 0.6 is 23.1 Å². The minimum absolute atomic E-state index is 0.271. The molecule has 0 fully saturated rings. The molecule has 33 heavy (non-hydrogen) atoms. The van der Waals surface area contributed by atoms with Crippen molar-refractivity contribution in [1.29, 1.82) is 0 Å². The molecule has 2 heterocycles. The van der Waals surface area contributed by atoms with Crippen LogP contribution in [0.5, 0.6) is 0 Å². The van der Waals surface area contributed by atoms with Gasteiger partial charge in [-0.2, -0.15) is 0 Å². The van der Waals surface area contributed by atoms with Crippen LogP contribution in [0.2, 0.25) is 0 Å². The van der Waals surface area contributed by atoms with Gasteiger partial charge in [0, 0.05) is 17.5 Å². The first kappa shape index (κ1) is 22.7. The van der Waals surface area contributed by atoms with Crippen LogP contribution in [-0.4, -0.2) is 27.2 Å². The summed E-state index contributed by atoms with van der Waals surface area (Å²) in [5, 5.41) is 6.72. The van der Waals surface area contributed by atoms with Crippen LogP contribution in [0.15, 0.2) is 69.9 Å². The van der Waals surface area contributed by atoms with E-state index in [4.69, 9.17) is 0 Å². The third-order valence-electron chi connectivity index (χ3n) is 4.77. The second kappa shape index (κ2) is 9.97. The first-order valence-corrected chi connectivity index (χ1v) is 11.7. The highest BCUT2D eigenvalue weighted by Crippen LogP contribution is 2.32. The quantitative estimate of drug-likeness (QED) is 0.281. The maximum Gasteiger partial charge on any atom is 0.321 e. The molecule has 3 N–H and O–H groups in total. The van der Waals surface area contributed by atoms with E-state index < -0.39 is 17.2 Å². The van der Waals surface area contributed by atoms with Crippen LogP contribution in [0.4, 0.5) is 9.18 Å². The Bertz CT molecular complexity index is 1350. The Morgan fingerprint density at radius 3 is 2.61 bits per heavy atom. The second-order valence-electron chi connectivity index (χ2n) is 7.13. The van der Waals surface area contributed by atoms with E-state index in [0.29, 0.717) is 27.9 Å². The molecule has 10 heteroatoms. The lowest BCUT2D eigenvalue weighted by molar-refractivity contribution is -0.119. The van der Waals surface area contributed by atoms with Crippen molar-refractivity contribution >= 4 is 45.3 Å². The number of rotatable bonds is 6. The SMILES string of the molecule is CC(Sc1nc2scc(-c3ccc(F)cc3)c2c(=O)[nH]1)C(=O)NC(=O)NCc1ccccc1. The molecular weight excluding hydrogens is 463 g/mol. The van der Waals surface area contributed by atoms with Gasteiger partial charge in [-0.3, -0.25) is 14.9 Å². The van der Waals surface area contributed by atoms with Crippen molar-refractivity contribution < 1.29 is 14.0 Å². The summed E-state index contributed by atoms with van der Waals surface area (Å²) in [6.07, 6.45) is 0. The zero-order valence-electron chi connectivity index (χ0n) is 17.4. The Hall–Kier alpha value is -3.50.